The van der Waals surface area contributed by atoms with Crippen molar-refractivity contribution in [2.45, 2.75) is 6.04 Å². The molecule has 2 fully saturated rings. The summed E-state index contributed by atoms with van der Waals surface area (Å²) in [7, 11) is 0. The van der Waals surface area contributed by atoms with Crippen LogP contribution in [0.3, 0.4) is 0 Å². The lowest BCUT2D eigenvalue weighted by atomic mass is 10.2. The van der Waals surface area contributed by atoms with Crippen molar-refractivity contribution in [3.63, 3.8) is 0 Å². The summed E-state index contributed by atoms with van der Waals surface area (Å²) in [5, 5.41) is 17.9. The maximum Gasteiger partial charge on any atom is 0.272 e. The van der Waals surface area contributed by atoms with E-state index in [1.165, 1.54) is 12.1 Å². The first-order chi connectivity index (χ1) is 8.58. The first kappa shape index (κ1) is 12.0. The van der Waals surface area contributed by atoms with Gasteiger partial charge >= 0.3 is 0 Å². The smallest absolute Gasteiger partial charge is 0.272 e. The second-order valence-electron chi connectivity index (χ2n) is 4.70. The Morgan fingerprint density at radius 1 is 1.28 bits per heavy atom. The number of nitrogens with zero attached hydrogens (tertiary/aromatic N) is 1. The summed E-state index contributed by atoms with van der Waals surface area (Å²) in [5.41, 5.74) is 0.511. The summed E-state index contributed by atoms with van der Waals surface area (Å²) in [6, 6.07) is 3.03. The molecular formula is C11H11Cl2N3O2. The number of fused-ring (bicyclic) bond motifs is 1. The third kappa shape index (κ3) is 1.92. The van der Waals surface area contributed by atoms with Gasteiger partial charge in [-0.2, -0.15) is 0 Å². The Bertz CT molecular complexity index is 490. The summed E-state index contributed by atoms with van der Waals surface area (Å²) >= 11 is 12.1. The molecule has 2 N–H and O–H groups in total. The molecule has 1 aromatic rings. The lowest BCUT2D eigenvalue weighted by molar-refractivity contribution is -0.384. The Labute approximate surface area is 114 Å². The molecule has 1 aromatic carbocycles. The number of halogens is 2. The van der Waals surface area contributed by atoms with E-state index in [-0.39, 0.29) is 5.69 Å². The molecular weight excluding hydrogens is 277 g/mol. The zero-order chi connectivity index (χ0) is 12.9. The van der Waals surface area contributed by atoms with E-state index in [4.69, 9.17) is 23.2 Å². The monoisotopic (exact) mass is 287 g/mol. The highest BCUT2D eigenvalue weighted by Crippen LogP contribution is 2.46. The van der Waals surface area contributed by atoms with E-state index < -0.39 is 4.92 Å². The minimum Gasteiger partial charge on any atom is -0.379 e. The molecule has 0 bridgehead atoms. The molecule has 5 nitrogen and oxygen atoms in total. The lowest BCUT2D eigenvalue weighted by Crippen LogP contribution is -2.21. The first-order valence-corrected chi connectivity index (χ1v) is 6.44. The van der Waals surface area contributed by atoms with E-state index in [0.717, 1.165) is 13.1 Å². The third-order valence-corrected chi connectivity index (χ3v) is 4.24. The molecule has 0 radical (unpaired) electrons. The summed E-state index contributed by atoms with van der Waals surface area (Å²) in [6.45, 7) is 2.01. The molecule has 2 atom stereocenters. The van der Waals surface area contributed by atoms with E-state index in [9.17, 15) is 10.1 Å². The standard InChI is InChI=1S/C11H11Cl2N3O2/c12-8-1-5(16(17)18)2-9(13)11(8)15-10-6-3-14-4-7(6)10/h1-2,6-7,10,14-15H,3-4H2. The Hall–Kier alpha value is -1.04. The van der Waals surface area contributed by atoms with Crippen LogP contribution in [-0.4, -0.2) is 24.1 Å². The molecule has 2 unspecified atom stereocenters. The summed E-state index contributed by atoms with van der Waals surface area (Å²) in [4.78, 5) is 10.2. The van der Waals surface area contributed by atoms with E-state index in [1.807, 2.05) is 0 Å². The van der Waals surface area contributed by atoms with E-state index in [2.05, 4.69) is 10.6 Å². The van der Waals surface area contributed by atoms with Crippen molar-refractivity contribution in [3.8, 4) is 0 Å². The van der Waals surface area contributed by atoms with Crippen LogP contribution in [-0.2, 0) is 0 Å². The highest BCUT2D eigenvalue weighted by atomic mass is 35.5. The number of benzene rings is 1. The number of hydrogen-bond acceptors (Lipinski definition) is 4. The average Bonchev–Trinajstić information content (AvgIpc) is 2.73. The fourth-order valence-electron chi connectivity index (χ4n) is 2.60. The number of nitro groups is 1. The Kier molecular flexibility index (Phi) is 2.84. The van der Waals surface area contributed by atoms with Gasteiger partial charge < -0.3 is 10.6 Å². The molecule has 1 heterocycles. The fraction of sp³-hybridized carbons (Fsp3) is 0.455. The molecule has 7 heteroatoms. The highest BCUT2D eigenvalue weighted by Gasteiger charge is 2.53. The molecule has 3 rings (SSSR count). The first-order valence-electron chi connectivity index (χ1n) is 5.68. The van der Waals surface area contributed by atoms with Crippen molar-refractivity contribution in [3.05, 3.63) is 32.3 Å². The van der Waals surface area contributed by atoms with Crippen LogP contribution >= 0.6 is 23.2 Å². The van der Waals surface area contributed by atoms with Gasteiger partial charge in [0.1, 0.15) is 0 Å². The fourth-order valence-corrected chi connectivity index (χ4v) is 3.19. The highest BCUT2D eigenvalue weighted by molar-refractivity contribution is 6.39. The molecule has 0 amide bonds. The molecule has 1 aliphatic heterocycles. The van der Waals surface area contributed by atoms with Crippen molar-refractivity contribution in [1.29, 1.82) is 0 Å². The zero-order valence-electron chi connectivity index (χ0n) is 9.32. The quantitative estimate of drug-likeness (QED) is 0.662. The minimum atomic E-state index is -0.503. The van der Waals surface area contributed by atoms with E-state index in [0.29, 0.717) is 33.6 Å². The second-order valence-corrected chi connectivity index (χ2v) is 5.51. The maximum atomic E-state index is 10.7. The topological polar surface area (TPSA) is 67.2 Å². The SMILES string of the molecule is O=[N+]([O-])c1cc(Cl)c(NC2C3CNCC32)c(Cl)c1. The molecule has 1 saturated heterocycles. The van der Waals surface area contributed by atoms with Gasteiger partial charge in [0.05, 0.1) is 20.7 Å². The van der Waals surface area contributed by atoms with Crippen LogP contribution in [0.15, 0.2) is 12.1 Å². The van der Waals surface area contributed by atoms with Gasteiger partial charge in [-0.3, -0.25) is 10.1 Å². The van der Waals surface area contributed by atoms with E-state index in [1.54, 1.807) is 0 Å². The van der Waals surface area contributed by atoms with Gasteiger partial charge in [-0.05, 0) is 11.8 Å². The van der Waals surface area contributed by atoms with Crippen LogP contribution in [0.1, 0.15) is 0 Å². The van der Waals surface area contributed by atoms with Crippen LogP contribution in [0.5, 0.6) is 0 Å². The lowest BCUT2D eigenvalue weighted by Gasteiger charge is -2.12. The van der Waals surface area contributed by atoms with Gasteiger partial charge in [0.2, 0.25) is 0 Å². The van der Waals surface area contributed by atoms with Crippen molar-refractivity contribution < 1.29 is 4.92 Å². The minimum absolute atomic E-state index is 0.0896. The predicted molar refractivity (Wildman–Crippen MR) is 70.4 cm³/mol. The molecule has 1 saturated carbocycles. The number of nitro benzene ring substituents is 1. The summed E-state index contributed by atoms with van der Waals surface area (Å²) < 4.78 is 0. The van der Waals surface area contributed by atoms with Gasteiger partial charge in [-0.15, -0.1) is 0 Å². The third-order valence-electron chi connectivity index (χ3n) is 3.64. The largest absolute Gasteiger partial charge is 0.379 e. The molecule has 96 valence electrons. The van der Waals surface area contributed by atoms with Gasteiger partial charge in [0.25, 0.3) is 5.69 Å². The Balaban J connectivity index is 1.82. The van der Waals surface area contributed by atoms with Crippen molar-refractivity contribution in [1.82, 2.24) is 5.32 Å². The average molecular weight is 288 g/mol. The number of non-ortho nitro benzene ring substituents is 1. The molecule has 0 aromatic heterocycles. The van der Waals surface area contributed by atoms with Gasteiger partial charge in [-0.25, -0.2) is 0 Å². The number of rotatable bonds is 3. The molecule has 18 heavy (non-hydrogen) atoms. The van der Waals surface area contributed by atoms with Crippen molar-refractivity contribution in [2.75, 3.05) is 18.4 Å². The Morgan fingerprint density at radius 2 is 1.83 bits per heavy atom. The molecule has 2 aliphatic rings. The summed E-state index contributed by atoms with van der Waals surface area (Å²) in [6.07, 6.45) is 0. The van der Waals surface area contributed by atoms with Crippen LogP contribution in [0, 0.1) is 22.0 Å². The number of nitrogens with one attached hydrogen (secondary N) is 2. The van der Waals surface area contributed by atoms with Crippen LogP contribution in [0.25, 0.3) is 0 Å². The second kappa shape index (κ2) is 4.26. The summed E-state index contributed by atoms with van der Waals surface area (Å²) in [5.74, 6) is 1.24. The maximum absolute atomic E-state index is 10.7. The van der Waals surface area contributed by atoms with Crippen LogP contribution in [0.4, 0.5) is 11.4 Å². The zero-order valence-corrected chi connectivity index (χ0v) is 10.8. The number of hydrogen-bond donors (Lipinski definition) is 2. The normalized spacial score (nSPS) is 28.9. The number of anilines is 1. The number of piperidine rings is 1. The predicted octanol–water partition coefficient (Wildman–Crippen LogP) is 2.53. The van der Waals surface area contributed by atoms with Crippen LogP contribution in [0.2, 0.25) is 10.0 Å². The molecule has 1 aliphatic carbocycles. The van der Waals surface area contributed by atoms with Crippen molar-refractivity contribution >= 4 is 34.6 Å². The molecule has 0 spiro atoms. The van der Waals surface area contributed by atoms with Gasteiger partial charge in [0.15, 0.2) is 0 Å². The van der Waals surface area contributed by atoms with E-state index >= 15 is 0 Å². The van der Waals surface area contributed by atoms with Crippen LogP contribution < -0.4 is 10.6 Å². The Morgan fingerprint density at radius 3 is 2.33 bits per heavy atom. The van der Waals surface area contributed by atoms with Gasteiger partial charge in [-0.1, -0.05) is 23.2 Å². The van der Waals surface area contributed by atoms with Crippen molar-refractivity contribution in [2.24, 2.45) is 11.8 Å². The van der Waals surface area contributed by atoms with Gasteiger partial charge in [0, 0.05) is 31.3 Å².